The third-order valence-corrected chi connectivity index (χ3v) is 5.19. The molecule has 7 nitrogen and oxygen atoms in total. The first kappa shape index (κ1) is 17.0. The zero-order chi connectivity index (χ0) is 17.9. The van der Waals surface area contributed by atoms with Gasteiger partial charge in [0.05, 0.1) is 30.0 Å². The van der Waals surface area contributed by atoms with Crippen molar-refractivity contribution in [3.05, 3.63) is 24.4 Å². The highest BCUT2D eigenvalue weighted by Gasteiger charge is 2.28. The molecule has 3 heterocycles. The van der Waals surface area contributed by atoms with Crippen molar-refractivity contribution in [2.24, 2.45) is 5.92 Å². The van der Waals surface area contributed by atoms with E-state index in [0.29, 0.717) is 31.9 Å². The van der Waals surface area contributed by atoms with Gasteiger partial charge < -0.3 is 19.5 Å². The van der Waals surface area contributed by atoms with Gasteiger partial charge >= 0.3 is 5.97 Å². The molecule has 0 atom stereocenters. The highest BCUT2D eigenvalue weighted by atomic mass is 16.5. The van der Waals surface area contributed by atoms with E-state index in [1.807, 2.05) is 18.2 Å². The SMILES string of the molecule is O=C(O)C1CCC(Oc2nc(N3CCOCC3)cc3ncccc23)CC1. The maximum atomic E-state index is 11.1. The molecular weight excluding hydrogens is 334 g/mol. The van der Waals surface area contributed by atoms with E-state index in [1.165, 1.54) is 0 Å². The van der Waals surface area contributed by atoms with Crippen molar-refractivity contribution in [1.29, 1.82) is 0 Å². The minimum atomic E-state index is -0.703. The molecule has 2 fully saturated rings. The lowest BCUT2D eigenvalue weighted by Gasteiger charge is -2.29. The Morgan fingerprint density at radius 2 is 2.00 bits per heavy atom. The molecule has 138 valence electrons. The molecule has 2 aliphatic rings. The average Bonchev–Trinajstić information content (AvgIpc) is 2.69. The molecular formula is C19H23N3O4. The predicted octanol–water partition coefficient (Wildman–Crippen LogP) is 2.49. The second-order valence-electron chi connectivity index (χ2n) is 6.88. The topological polar surface area (TPSA) is 84.8 Å². The molecule has 0 bridgehead atoms. The normalized spacial score (nSPS) is 23.8. The van der Waals surface area contributed by atoms with Gasteiger partial charge in [-0.15, -0.1) is 0 Å². The number of rotatable bonds is 4. The number of hydrogen-bond donors (Lipinski definition) is 1. The number of carboxylic acids is 1. The van der Waals surface area contributed by atoms with Gasteiger partial charge in [0, 0.05) is 25.4 Å². The van der Waals surface area contributed by atoms with Crippen LogP contribution in [0.25, 0.3) is 10.9 Å². The maximum Gasteiger partial charge on any atom is 0.306 e. The number of carbonyl (C=O) groups is 1. The number of aliphatic carboxylic acids is 1. The molecule has 4 rings (SSSR count). The van der Waals surface area contributed by atoms with Crippen LogP contribution >= 0.6 is 0 Å². The number of nitrogens with zero attached hydrogens (tertiary/aromatic N) is 3. The van der Waals surface area contributed by atoms with Crippen molar-refractivity contribution >= 4 is 22.7 Å². The summed E-state index contributed by atoms with van der Waals surface area (Å²) in [5.74, 6) is 0.496. The number of ether oxygens (including phenoxy) is 2. The zero-order valence-electron chi connectivity index (χ0n) is 14.6. The number of morpholine rings is 1. The van der Waals surface area contributed by atoms with Crippen LogP contribution in [0.3, 0.4) is 0 Å². The first-order valence-electron chi connectivity index (χ1n) is 9.18. The zero-order valence-corrected chi connectivity index (χ0v) is 14.6. The summed E-state index contributed by atoms with van der Waals surface area (Å²) in [6, 6.07) is 5.85. The first-order valence-corrected chi connectivity index (χ1v) is 9.18. The number of pyridine rings is 2. The Morgan fingerprint density at radius 1 is 1.23 bits per heavy atom. The van der Waals surface area contributed by atoms with Crippen molar-refractivity contribution < 1.29 is 19.4 Å². The quantitative estimate of drug-likeness (QED) is 0.900. The summed E-state index contributed by atoms with van der Waals surface area (Å²) in [7, 11) is 0. The Bertz CT molecular complexity index is 783. The van der Waals surface area contributed by atoms with E-state index in [1.54, 1.807) is 6.20 Å². The van der Waals surface area contributed by atoms with Gasteiger partial charge in [0.25, 0.3) is 0 Å². The lowest BCUT2D eigenvalue weighted by atomic mass is 9.87. The fraction of sp³-hybridized carbons (Fsp3) is 0.526. The van der Waals surface area contributed by atoms with Crippen LogP contribution in [0.15, 0.2) is 24.4 Å². The van der Waals surface area contributed by atoms with Crippen LogP contribution in [0.2, 0.25) is 0 Å². The minimum Gasteiger partial charge on any atom is -0.481 e. The maximum absolute atomic E-state index is 11.1. The minimum absolute atomic E-state index is 0.00134. The van der Waals surface area contributed by atoms with Gasteiger partial charge in [0.2, 0.25) is 5.88 Å². The Balaban J connectivity index is 1.58. The van der Waals surface area contributed by atoms with E-state index in [2.05, 4.69) is 9.88 Å². The van der Waals surface area contributed by atoms with Crippen LogP contribution < -0.4 is 9.64 Å². The third kappa shape index (κ3) is 3.58. The molecule has 0 radical (unpaired) electrons. The fourth-order valence-corrected chi connectivity index (χ4v) is 3.66. The van der Waals surface area contributed by atoms with E-state index in [4.69, 9.17) is 19.6 Å². The Hall–Kier alpha value is -2.41. The fourth-order valence-electron chi connectivity index (χ4n) is 3.66. The highest BCUT2D eigenvalue weighted by Crippen LogP contribution is 2.32. The predicted molar refractivity (Wildman–Crippen MR) is 96.6 cm³/mol. The van der Waals surface area contributed by atoms with Gasteiger partial charge in [0.15, 0.2) is 0 Å². The summed E-state index contributed by atoms with van der Waals surface area (Å²) >= 11 is 0. The number of carboxylic acid groups (broad SMARTS) is 1. The van der Waals surface area contributed by atoms with Crippen LogP contribution in [0, 0.1) is 5.92 Å². The van der Waals surface area contributed by atoms with E-state index in [0.717, 1.165) is 42.7 Å². The molecule has 0 aromatic carbocycles. The second kappa shape index (κ2) is 7.45. The summed E-state index contributed by atoms with van der Waals surface area (Å²) < 4.78 is 11.7. The molecule has 0 unspecified atom stereocenters. The van der Waals surface area contributed by atoms with Gasteiger partial charge in [-0.25, -0.2) is 0 Å². The molecule has 7 heteroatoms. The smallest absolute Gasteiger partial charge is 0.306 e. The summed E-state index contributed by atoms with van der Waals surface area (Å²) in [6.45, 7) is 2.98. The third-order valence-electron chi connectivity index (χ3n) is 5.19. The standard InChI is InChI=1S/C19H23N3O4/c23-19(24)13-3-5-14(6-4-13)26-18-15-2-1-7-20-16(15)12-17(21-18)22-8-10-25-11-9-22/h1-2,7,12-14H,3-6,8-11H2,(H,23,24). The van der Waals surface area contributed by atoms with Crippen molar-refractivity contribution in [3.8, 4) is 5.88 Å². The molecule has 26 heavy (non-hydrogen) atoms. The number of fused-ring (bicyclic) bond motifs is 1. The molecule has 2 aromatic heterocycles. The lowest BCUT2D eigenvalue weighted by Crippen LogP contribution is -2.36. The summed E-state index contributed by atoms with van der Waals surface area (Å²) in [5.41, 5.74) is 0.859. The first-order chi connectivity index (χ1) is 12.7. The molecule has 2 aromatic rings. The molecule has 1 saturated carbocycles. The van der Waals surface area contributed by atoms with E-state index in [-0.39, 0.29) is 12.0 Å². The number of hydrogen-bond acceptors (Lipinski definition) is 6. The monoisotopic (exact) mass is 357 g/mol. The summed E-state index contributed by atoms with van der Waals surface area (Å²) in [5, 5.41) is 10.1. The number of aromatic nitrogens is 2. The van der Waals surface area contributed by atoms with Crippen molar-refractivity contribution in [1.82, 2.24) is 9.97 Å². The van der Waals surface area contributed by atoms with Gasteiger partial charge in [-0.1, -0.05) is 0 Å². The van der Waals surface area contributed by atoms with Crippen LogP contribution in [-0.2, 0) is 9.53 Å². The van der Waals surface area contributed by atoms with Crippen LogP contribution in [-0.4, -0.2) is 53.5 Å². The molecule has 1 saturated heterocycles. The largest absolute Gasteiger partial charge is 0.481 e. The van der Waals surface area contributed by atoms with Crippen molar-refractivity contribution in [2.45, 2.75) is 31.8 Å². The van der Waals surface area contributed by atoms with Crippen molar-refractivity contribution in [2.75, 3.05) is 31.2 Å². The van der Waals surface area contributed by atoms with Gasteiger partial charge in [-0.2, -0.15) is 4.98 Å². The van der Waals surface area contributed by atoms with E-state index >= 15 is 0 Å². The summed E-state index contributed by atoms with van der Waals surface area (Å²) in [4.78, 5) is 22.6. The Morgan fingerprint density at radius 3 is 2.73 bits per heavy atom. The molecule has 0 amide bonds. The van der Waals surface area contributed by atoms with Crippen molar-refractivity contribution in [3.63, 3.8) is 0 Å². The van der Waals surface area contributed by atoms with Crippen LogP contribution in [0.4, 0.5) is 5.82 Å². The molecule has 1 aliphatic heterocycles. The molecule has 0 spiro atoms. The second-order valence-corrected chi connectivity index (χ2v) is 6.88. The Kier molecular flexibility index (Phi) is 4.88. The van der Waals surface area contributed by atoms with Gasteiger partial charge in [0.1, 0.15) is 11.9 Å². The summed E-state index contributed by atoms with van der Waals surface area (Å²) in [6.07, 6.45) is 4.55. The number of anilines is 1. The molecule has 1 N–H and O–H groups in total. The highest BCUT2D eigenvalue weighted by molar-refractivity contribution is 5.85. The van der Waals surface area contributed by atoms with E-state index in [9.17, 15) is 4.79 Å². The van der Waals surface area contributed by atoms with E-state index < -0.39 is 5.97 Å². The van der Waals surface area contributed by atoms with Crippen LogP contribution in [0.1, 0.15) is 25.7 Å². The Labute approximate surface area is 151 Å². The van der Waals surface area contributed by atoms with Crippen LogP contribution in [0.5, 0.6) is 5.88 Å². The molecule has 1 aliphatic carbocycles. The van der Waals surface area contributed by atoms with Gasteiger partial charge in [-0.05, 0) is 37.8 Å². The lowest BCUT2D eigenvalue weighted by molar-refractivity contribution is -0.143. The van der Waals surface area contributed by atoms with Gasteiger partial charge in [-0.3, -0.25) is 9.78 Å². The average molecular weight is 357 g/mol.